The number of benzene rings is 1. The SMILES string of the molecule is CCCc1cc(=O)[nH]c(N/N=C/c2ccc(O)cc2)n1. The van der Waals surface area contributed by atoms with Gasteiger partial charge in [-0.05, 0) is 36.2 Å². The zero-order chi connectivity index (χ0) is 14.4. The van der Waals surface area contributed by atoms with Crippen LogP contribution in [0.1, 0.15) is 24.6 Å². The maximum Gasteiger partial charge on any atom is 0.252 e. The molecule has 2 rings (SSSR count). The monoisotopic (exact) mass is 272 g/mol. The van der Waals surface area contributed by atoms with Crippen LogP contribution < -0.4 is 11.0 Å². The fraction of sp³-hybridized carbons (Fsp3) is 0.214. The van der Waals surface area contributed by atoms with E-state index in [4.69, 9.17) is 5.11 Å². The first-order valence-corrected chi connectivity index (χ1v) is 6.35. The first-order valence-electron chi connectivity index (χ1n) is 6.35. The Bertz CT molecular complexity index is 647. The number of hydrazone groups is 1. The zero-order valence-corrected chi connectivity index (χ0v) is 11.1. The molecule has 0 fully saturated rings. The van der Waals surface area contributed by atoms with E-state index >= 15 is 0 Å². The molecule has 104 valence electrons. The van der Waals surface area contributed by atoms with Gasteiger partial charge in [0.25, 0.3) is 5.56 Å². The third-order valence-corrected chi connectivity index (χ3v) is 2.58. The lowest BCUT2D eigenvalue weighted by atomic mass is 10.2. The summed E-state index contributed by atoms with van der Waals surface area (Å²) >= 11 is 0. The molecule has 1 heterocycles. The highest BCUT2D eigenvalue weighted by Crippen LogP contribution is 2.08. The standard InChI is InChI=1S/C14H16N4O2/c1-2-3-11-8-13(20)17-14(16-11)18-15-9-10-4-6-12(19)7-5-10/h4-9,19H,2-3H2,1H3,(H2,16,17,18,20)/b15-9+. The minimum absolute atomic E-state index is 0.202. The molecular formula is C14H16N4O2. The van der Waals surface area contributed by atoms with Crippen LogP contribution in [0.25, 0.3) is 0 Å². The van der Waals surface area contributed by atoms with Crippen LogP contribution in [0.3, 0.4) is 0 Å². The van der Waals surface area contributed by atoms with Crippen molar-refractivity contribution in [3.05, 3.63) is 51.9 Å². The lowest BCUT2D eigenvalue weighted by Crippen LogP contribution is -2.11. The molecule has 20 heavy (non-hydrogen) atoms. The summed E-state index contributed by atoms with van der Waals surface area (Å²) in [5.74, 6) is 0.518. The average molecular weight is 272 g/mol. The molecular weight excluding hydrogens is 256 g/mol. The summed E-state index contributed by atoms with van der Waals surface area (Å²) in [5, 5.41) is 13.2. The maximum atomic E-state index is 11.4. The van der Waals surface area contributed by atoms with Crippen molar-refractivity contribution in [2.75, 3.05) is 5.43 Å². The summed E-state index contributed by atoms with van der Waals surface area (Å²) in [5.41, 5.74) is 4.04. The van der Waals surface area contributed by atoms with Gasteiger partial charge >= 0.3 is 0 Å². The van der Waals surface area contributed by atoms with Crippen LogP contribution in [0.4, 0.5) is 5.95 Å². The summed E-state index contributed by atoms with van der Waals surface area (Å²) < 4.78 is 0. The van der Waals surface area contributed by atoms with Gasteiger partial charge in [-0.25, -0.2) is 10.4 Å². The molecule has 0 amide bonds. The Hall–Kier alpha value is -2.63. The second-order valence-electron chi connectivity index (χ2n) is 4.30. The Morgan fingerprint density at radius 3 is 2.85 bits per heavy atom. The third-order valence-electron chi connectivity index (χ3n) is 2.58. The van der Waals surface area contributed by atoms with Crippen LogP contribution in [0.5, 0.6) is 5.75 Å². The Morgan fingerprint density at radius 2 is 2.15 bits per heavy atom. The van der Waals surface area contributed by atoms with Crippen molar-refractivity contribution in [2.45, 2.75) is 19.8 Å². The topological polar surface area (TPSA) is 90.4 Å². The van der Waals surface area contributed by atoms with Crippen molar-refractivity contribution >= 4 is 12.2 Å². The predicted octanol–water partition coefficient (Wildman–Crippen LogP) is 1.87. The number of aromatic nitrogens is 2. The maximum absolute atomic E-state index is 11.4. The molecule has 0 unspecified atom stereocenters. The highest BCUT2D eigenvalue weighted by Gasteiger charge is 1.99. The Kier molecular flexibility index (Phi) is 4.49. The number of anilines is 1. The normalized spacial score (nSPS) is 10.8. The quantitative estimate of drug-likeness (QED) is 0.572. The van der Waals surface area contributed by atoms with Gasteiger partial charge in [0.15, 0.2) is 0 Å². The van der Waals surface area contributed by atoms with Gasteiger partial charge in [0.2, 0.25) is 5.95 Å². The van der Waals surface area contributed by atoms with E-state index in [2.05, 4.69) is 20.5 Å². The van der Waals surface area contributed by atoms with Gasteiger partial charge in [0.1, 0.15) is 5.75 Å². The van der Waals surface area contributed by atoms with Gasteiger partial charge in [-0.2, -0.15) is 5.10 Å². The fourth-order valence-electron chi connectivity index (χ4n) is 1.67. The molecule has 0 spiro atoms. The molecule has 3 N–H and O–H groups in total. The number of phenolic OH excluding ortho intramolecular Hbond substituents is 1. The molecule has 0 bridgehead atoms. The number of hydrogen-bond donors (Lipinski definition) is 3. The van der Waals surface area contributed by atoms with E-state index < -0.39 is 0 Å². The van der Waals surface area contributed by atoms with Gasteiger partial charge < -0.3 is 5.11 Å². The molecule has 0 atom stereocenters. The number of aromatic hydroxyl groups is 1. The molecule has 0 saturated heterocycles. The molecule has 0 radical (unpaired) electrons. The van der Waals surface area contributed by atoms with E-state index in [9.17, 15) is 4.79 Å². The smallest absolute Gasteiger partial charge is 0.252 e. The first kappa shape index (κ1) is 13.8. The Balaban J connectivity index is 2.06. The summed E-state index contributed by atoms with van der Waals surface area (Å²) in [6.45, 7) is 2.03. The van der Waals surface area contributed by atoms with Crippen LogP contribution in [-0.2, 0) is 6.42 Å². The molecule has 6 heteroatoms. The van der Waals surface area contributed by atoms with Crippen LogP contribution in [0.15, 0.2) is 40.2 Å². The number of aryl methyl sites for hydroxylation is 1. The van der Waals surface area contributed by atoms with Gasteiger partial charge in [0.05, 0.1) is 6.21 Å². The second-order valence-corrected chi connectivity index (χ2v) is 4.30. The van der Waals surface area contributed by atoms with Crippen molar-refractivity contribution in [1.29, 1.82) is 0 Å². The largest absolute Gasteiger partial charge is 0.508 e. The van der Waals surface area contributed by atoms with Crippen LogP contribution >= 0.6 is 0 Å². The lowest BCUT2D eigenvalue weighted by molar-refractivity contribution is 0.475. The number of aromatic amines is 1. The van der Waals surface area contributed by atoms with E-state index in [1.807, 2.05) is 6.92 Å². The number of nitrogens with zero attached hydrogens (tertiary/aromatic N) is 2. The Labute approximate surface area is 116 Å². The summed E-state index contributed by atoms with van der Waals surface area (Å²) in [4.78, 5) is 18.3. The summed E-state index contributed by atoms with van der Waals surface area (Å²) in [6.07, 6.45) is 3.25. The molecule has 1 aromatic carbocycles. The second kappa shape index (κ2) is 6.51. The predicted molar refractivity (Wildman–Crippen MR) is 78.2 cm³/mol. The lowest BCUT2D eigenvalue weighted by Gasteiger charge is -2.02. The average Bonchev–Trinajstić information content (AvgIpc) is 2.41. The highest BCUT2D eigenvalue weighted by molar-refractivity contribution is 5.80. The molecule has 2 aromatic rings. The van der Waals surface area contributed by atoms with Crippen molar-refractivity contribution < 1.29 is 5.11 Å². The number of nitrogens with one attached hydrogen (secondary N) is 2. The summed E-state index contributed by atoms with van der Waals surface area (Å²) in [6, 6.07) is 8.08. The van der Waals surface area contributed by atoms with Crippen LogP contribution in [0, 0.1) is 0 Å². The molecule has 1 aromatic heterocycles. The van der Waals surface area contributed by atoms with E-state index in [1.54, 1.807) is 30.5 Å². The van der Waals surface area contributed by atoms with Crippen molar-refractivity contribution in [3.8, 4) is 5.75 Å². The minimum atomic E-state index is -0.203. The zero-order valence-electron chi connectivity index (χ0n) is 11.1. The number of rotatable bonds is 5. The minimum Gasteiger partial charge on any atom is -0.508 e. The third kappa shape index (κ3) is 3.94. The summed E-state index contributed by atoms with van der Waals surface area (Å²) in [7, 11) is 0. The van der Waals surface area contributed by atoms with Crippen molar-refractivity contribution in [3.63, 3.8) is 0 Å². The molecule has 0 saturated carbocycles. The van der Waals surface area contributed by atoms with Gasteiger partial charge in [0, 0.05) is 11.8 Å². The van der Waals surface area contributed by atoms with Crippen molar-refractivity contribution in [2.24, 2.45) is 5.10 Å². The molecule has 6 nitrogen and oxygen atoms in total. The van der Waals surface area contributed by atoms with Gasteiger partial charge in [-0.1, -0.05) is 13.3 Å². The van der Waals surface area contributed by atoms with Gasteiger partial charge in [-0.3, -0.25) is 9.78 Å². The molecule has 0 aliphatic carbocycles. The van der Waals surface area contributed by atoms with Crippen LogP contribution in [0.2, 0.25) is 0 Å². The molecule has 0 aliphatic rings. The van der Waals surface area contributed by atoms with E-state index in [0.29, 0.717) is 5.95 Å². The molecule has 0 aliphatic heterocycles. The van der Waals surface area contributed by atoms with Crippen LogP contribution in [-0.4, -0.2) is 21.3 Å². The van der Waals surface area contributed by atoms with Crippen molar-refractivity contribution in [1.82, 2.24) is 9.97 Å². The Morgan fingerprint density at radius 1 is 1.40 bits per heavy atom. The number of hydrogen-bond acceptors (Lipinski definition) is 5. The van der Waals surface area contributed by atoms with E-state index in [1.165, 1.54) is 6.07 Å². The highest BCUT2D eigenvalue weighted by atomic mass is 16.3. The van der Waals surface area contributed by atoms with E-state index in [-0.39, 0.29) is 11.3 Å². The van der Waals surface area contributed by atoms with Gasteiger partial charge in [-0.15, -0.1) is 0 Å². The first-order chi connectivity index (χ1) is 9.67. The number of H-pyrrole nitrogens is 1. The number of phenols is 1. The fourth-order valence-corrected chi connectivity index (χ4v) is 1.67. The van der Waals surface area contributed by atoms with E-state index in [0.717, 1.165) is 24.1 Å².